The number of benzene rings is 1. The van der Waals surface area contributed by atoms with Crippen LogP contribution in [0.3, 0.4) is 0 Å². The molecule has 1 fully saturated rings. The van der Waals surface area contributed by atoms with Crippen molar-refractivity contribution in [1.82, 2.24) is 14.9 Å². The second-order valence-corrected chi connectivity index (χ2v) is 8.53. The second-order valence-electron chi connectivity index (χ2n) is 8.53. The number of likely N-dealkylation sites (tertiary alicyclic amines) is 1. The zero-order valence-corrected chi connectivity index (χ0v) is 18.4. The molecule has 0 unspecified atom stereocenters. The number of anilines is 3. The van der Waals surface area contributed by atoms with Crippen molar-refractivity contribution in [3.63, 3.8) is 0 Å². The quantitative estimate of drug-likeness (QED) is 0.518. The Morgan fingerprint density at radius 3 is 2.88 bits per heavy atom. The standard InChI is InChI=1S/C23H25FN6O3/c1-12-16(9-28-22-21(12)26-4-6-33-22)15-7-13-8-18(27-10-17(13)20(25)19(15)24)30(23(31)32)14-3-5-29(2)11-14/h7-10,14,26H,3-6,11,25H2,1-2H3,(H,31,32)/t14-/m0/s1. The summed E-state index contributed by atoms with van der Waals surface area (Å²) >= 11 is 0. The number of pyridine rings is 2. The van der Waals surface area contributed by atoms with Gasteiger partial charge in [-0.25, -0.2) is 19.2 Å². The Morgan fingerprint density at radius 2 is 2.15 bits per heavy atom. The number of nitrogens with two attached hydrogens (primary N) is 1. The van der Waals surface area contributed by atoms with Gasteiger partial charge < -0.3 is 25.8 Å². The predicted octanol–water partition coefficient (Wildman–Crippen LogP) is 3.32. The summed E-state index contributed by atoms with van der Waals surface area (Å²) in [5.41, 5.74) is 8.53. The molecule has 2 aliphatic heterocycles. The zero-order chi connectivity index (χ0) is 23.3. The second kappa shape index (κ2) is 8.04. The van der Waals surface area contributed by atoms with Crippen LogP contribution in [0.15, 0.2) is 24.5 Å². The highest BCUT2D eigenvalue weighted by Gasteiger charge is 2.31. The van der Waals surface area contributed by atoms with Gasteiger partial charge in [0, 0.05) is 42.0 Å². The van der Waals surface area contributed by atoms with E-state index in [4.69, 9.17) is 10.5 Å². The molecule has 0 aliphatic carbocycles. The third-order valence-electron chi connectivity index (χ3n) is 6.41. The fourth-order valence-electron chi connectivity index (χ4n) is 4.67. The molecular weight excluding hydrogens is 427 g/mol. The van der Waals surface area contributed by atoms with E-state index in [0.717, 1.165) is 17.8 Å². The first kappa shape index (κ1) is 21.2. The lowest BCUT2D eigenvalue weighted by Crippen LogP contribution is -2.41. The molecule has 5 rings (SSSR count). The van der Waals surface area contributed by atoms with Gasteiger partial charge in [0.05, 0.1) is 11.7 Å². The Balaban J connectivity index is 1.63. The van der Waals surface area contributed by atoms with E-state index >= 15 is 4.39 Å². The summed E-state index contributed by atoms with van der Waals surface area (Å²) in [6.45, 7) is 4.46. The van der Waals surface area contributed by atoms with Gasteiger partial charge in [-0.05, 0) is 50.0 Å². The lowest BCUT2D eigenvalue weighted by molar-refractivity contribution is 0.198. The highest BCUT2D eigenvalue weighted by Crippen LogP contribution is 2.40. The Bertz CT molecular complexity index is 1270. The van der Waals surface area contributed by atoms with E-state index in [1.165, 1.54) is 11.1 Å². The zero-order valence-electron chi connectivity index (χ0n) is 18.4. The van der Waals surface area contributed by atoms with Crippen LogP contribution in [0.1, 0.15) is 12.0 Å². The van der Waals surface area contributed by atoms with E-state index < -0.39 is 11.9 Å². The average molecular weight is 452 g/mol. The number of rotatable bonds is 3. The smallest absolute Gasteiger partial charge is 0.413 e. The number of nitrogen functional groups attached to an aromatic ring is 1. The van der Waals surface area contributed by atoms with E-state index in [1.807, 2.05) is 14.0 Å². The molecule has 0 saturated carbocycles. The lowest BCUT2D eigenvalue weighted by Gasteiger charge is -2.25. The third-order valence-corrected chi connectivity index (χ3v) is 6.41. The van der Waals surface area contributed by atoms with Gasteiger partial charge >= 0.3 is 6.09 Å². The van der Waals surface area contributed by atoms with Crippen LogP contribution in [0.25, 0.3) is 21.9 Å². The summed E-state index contributed by atoms with van der Waals surface area (Å²) in [5, 5.41) is 14.2. The molecule has 1 saturated heterocycles. The van der Waals surface area contributed by atoms with Crippen molar-refractivity contribution in [2.24, 2.45) is 0 Å². The van der Waals surface area contributed by atoms with Gasteiger partial charge in [-0.3, -0.25) is 4.90 Å². The summed E-state index contributed by atoms with van der Waals surface area (Å²) in [7, 11) is 1.96. The number of aromatic nitrogens is 2. The summed E-state index contributed by atoms with van der Waals surface area (Å²) in [5.74, 6) is 0.218. The molecule has 1 aromatic carbocycles. The number of carboxylic acid groups (broad SMARTS) is 1. The number of hydrogen-bond acceptors (Lipinski definition) is 7. The fraction of sp³-hybridized carbons (Fsp3) is 0.348. The number of amides is 1. The van der Waals surface area contributed by atoms with Crippen molar-refractivity contribution < 1.29 is 19.0 Å². The molecule has 9 nitrogen and oxygen atoms in total. The summed E-state index contributed by atoms with van der Waals surface area (Å²) in [4.78, 5) is 24.1. The number of fused-ring (bicyclic) bond motifs is 2. The molecule has 1 atom stereocenters. The molecule has 0 radical (unpaired) electrons. The lowest BCUT2D eigenvalue weighted by atomic mass is 9.97. The Labute approximate surface area is 190 Å². The van der Waals surface area contributed by atoms with Gasteiger partial charge in [0.1, 0.15) is 18.1 Å². The molecule has 33 heavy (non-hydrogen) atoms. The van der Waals surface area contributed by atoms with Crippen LogP contribution in [-0.2, 0) is 0 Å². The number of likely N-dealkylation sites (N-methyl/N-ethyl adjacent to an activating group) is 1. The monoisotopic (exact) mass is 452 g/mol. The minimum Gasteiger partial charge on any atom is -0.474 e. The minimum absolute atomic E-state index is 0.0367. The molecule has 2 aromatic heterocycles. The molecule has 10 heteroatoms. The van der Waals surface area contributed by atoms with Gasteiger partial charge in [-0.1, -0.05) is 0 Å². The largest absolute Gasteiger partial charge is 0.474 e. The Hall–Kier alpha value is -3.66. The van der Waals surface area contributed by atoms with Gasteiger partial charge in [-0.15, -0.1) is 0 Å². The molecule has 4 heterocycles. The highest BCUT2D eigenvalue weighted by molar-refractivity contribution is 5.99. The van der Waals surface area contributed by atoms with Crippen LogP contribution < -0.4 is 20.7 Å². The van der Waals surface area contributed by atoms with Crippen molar-refractivity contribution >= 4 is 34.1 Å². The SMILES string of the molecule is Cc1c(-c2cc3cc(N(C(=O)O)[C@H]4CCN(C)C4)ncc3c(N)c2F)cnc2c1NCCO2. The first-order valence-electron chi connectivity index (χ1n) is 10.8. The number of carbonyl (C=O) groups is 1. The predicted molar refractivity (Wildman–Crippen MR) is 124 cm³/mol. The minimum atomic E-state index is -1.07. The molecule has 172 valence electrons. The highest BCUT2D eigenvalue weighted by atomic mass is 19.1. The van der Waals surface area contributed by atoms with Gasteiger partial charge in [0.2, 0.25) is 5.88 Å². The molecular formula is C23H25FN6O3. The summed E-state index contributed by atoms with van der Waals surface area (Å²) in [6.07, 6.45) is 2.66. The van der Waals surface area contributed by atoms with Gasteiger partial charge in [0.25, 0.3) is 0 Å². The Kier molecular flexibility index (Phi) is 5.16. The van der Waals surface area contributed by atoms with Crippen molar-refractivity contribution in [1.29, 1.82) is 0 Å². The average Bonchev–Trinajstić information content (AvgIpc) is 3.22. The van der Waals surface area contributed by atoms with Gasteiger partial charge in [0.15, 0.2) is 5.82 Å². The van der Waals surface area contributed by atoms with Crippen LogP contribution >= 0.6 is 0 Å². The maximum absolute atomic E-state index is 15.4. The van der Waals surface area contributed by atoms with Crippen molar-refractivity contribution in [3.8, 4) is 17.0 Å². The molecule has 1 amide bonds. The van der Waals surface area contributed by atoms with E-state index in [1.54, 1.807) is 18.3 Å². The normalized spacial score (nSPS) is 18.0. The van der Waals surface area contributed by atoms with Crippen molar-refractivity contribution in [3.05, 3.63) is 35.9 Å². The van der Waals surface area contributed by atoms with Crippen LogP contribution in [0.2, 0.25) is 0 Å². The van der Waals surface area contributed by atoms with Crippen LogP contribution in [-0.4, -0.2) is 65.4 Å². The first-order chi connectivity index (χ1) is 15.8. The van der Waals surface area contributed by atoms with Crippen molar-refractivity contribution in [2.45, 2.75) is 19.4 Å². The first-order valence-corrected chi connectivity index (χ1v) is 10.8. The van der Waals surface area contributed by atoms with Gasteiger partial charge in [-0.2, -0.15) is 0 Å². The maximum Gasteiger partial charge on any atom is 0.413 e. The van der Waals surface area contributed by atoms with Crippen LogP contribution in [0.5, 0.6) is 5.88 Å². The summed E-state index contributed by atoms with van der Waals surface area (Å²) < 4.78 is 20.9. The van der Waals surface area contributed by atoms with Crippen LogP contribution in [0.4, 0.5) is 26.4 Å². The maximum atomic E-state index is 15.4. The number of hydrogen-bond donors (Lipinski definition) is 3. The number of ether oxygens (including phenoxy) is 1. The number of halogens is 1. The van der Waals surface area contributed by atoms with E-state index in [-0.39, 0.29) is 11.7 Å². The topological polar surface area (TPSA) is 117 Å². The third kappa shape index (κ3) is 3.56. The molecule has 2 aliphatic rings. The van der Waals surface area contributed by atoms with E-state index in [2.05, 4.69) is 20.2 Å². The molecule has 0 bridgehead atoms. The van der Waals surface area contributed by atoms with Crippen molar-refractivity contribution in [2.75, 3.05) is 49.2 Å². The molecule has 3 aromatic rings. The number of nitrogens with zero attached hydrogens (tertiary/aromatic N) is 4. The van der Waals surface area contributed by atoms with E-state index in [0.29, 0.717) is 59.7 Å². The molecule has 0 spiro atoms. The van der Waals surface area contributed by atoms with Crippen LogP contribution in [0, 0.1) is 12.7 Å². The summed E-state index contributed by atoms with van der Waals surface area (Å²) in [6, 6.07) is 3.13. The fourth-order valence-corrected chi connectivity index (χ4v) is 4.67. The number of nitrogens with one attached hydrogen (secondary N) is 1. The van der Waals surface area contributed by atoms with E-state index in [9.17, 15) is 9.90 Å². The Morgan fingerprint density at radius 1 is 1.33 bits per heavy atom. The molecule has 4 N–H and O–H groups in total.